The molecule has 0 aliphatic rings. The predicted octanol–water partition coefficient (Wildman–Crippen LogP) is 3.51. The Morgan fingerprint density at radius 3 is 2.67 bits per heavy atom. The molecular weight excluding hydrogens is 292 g/mol. The first-order chi connectivity index (χ1) is 8.66. The zero-order chi connectivity index (χ0) is 13.0. The van der Waals surface area contributed by atoms with E-state index in [0.717, 1.165) is 28.8 Å². The largest absolute Gasteiger partial charge is 0.508 e. The summed E-state index contributed by atoms with van der Waals surface area (Å²) in [4.78, 5) is 4.29. The van der Waals surface area contributed by atoms with Crippen molar-refractivity contribution in [3.05, 3.63) is 52.1 Å². The molecule has 0 aliphatic heterocycles. The van der Waals surface area contributed by atoms with E-state index in [1.807, 2.05) is 25.1 Å². The number of nitrogens with one attached hydrogen (secondary N) is 1. The van der Waals surface area contributed by atoms with E-state index in [-0.39, 0.29) is 0 Å². The van der Waals surface area contributed by atoms with E-state index in [0.29, 0.717) is 5.75 Å². The van der Waals surface area contributed by atoms with Crippen LogP contribution in [-0.2, 0) is 6.42 Å². The predicted molar refractivity (Wildman–Crippen MR) is 77.0 cm³/mol. The summed E-state index contributed by atoms with van der Waals surface area (Å²) in [5, 5.41) is 12.5. The number of benzene rings is 1. The Labute approximate surface area is 115 Å². The van der Waals surface area contributed by atoms with E-state index in [1.54, 1.807) is 18.3 Å². The Balaban J connectivity index is 1.92. The highest BCUT2D eigenvalue weighted by atomic mass is 79.9. The first-order valence-electron chi connectivity index (χ1n) is 5.79. The summed E-state index contributed by atoms with van der Waals surface area (Å²) in [5.41, 5.74) is 2.35. The summed E-state index contributed by atoms with van der Waals surface area (Å²) >= 11 is 3.52. The summed E-state index contributed by atoms with van der Waals surface area (Å²) < 4.78 is 1.01. The molecule has 2 aromatic rings. The van der Waals surface area contributed by atoms with Crippen LogP contribution in [0, 0.1) is 6.92 Å². The van der Waals surface area contributed by atoms with Gasteiger partial charge in [0.25, 0.3) is 0 Å². The molecule has 1 aromatic heterocycles. The minimum Gasteiger partial charge on any atom is -0.508 e. The molecule has 0 atom stereocenters. The van der Waals surface area contributed by atoms with Gasteiger partial charge in [-0.15, -0.1) is 0 Å². The third kappa shape index (κ3) is 3.23. The van der Waals surface area contributed by atoms with Crippen molar-refractivity contribution >= 4 is 21.7 Å². The molecule has 1 aromatic carbocycles. The third-order valence-electron chi connectivity index (χ3n) is 2.72. The number of hydrogen-bond donors (Lipinski definition) is 2. The topological polar surface area (TPSA) is 45.2 Å². The van der Waals surface area contributed by atoms with Gasteiger partial charge in [0.1, 0.15) is 11.6 Å². The molecule has 0 radical (unpaired) electrons. The minimum absolute atomic E-state index is 0.301. The van der Waals surface area contributed by atoms with Gasteiger partial charge < -0.3 is 10.4 Å². The molecule has 0 amide bonds. The first kappa shape index (κ1) is 12.9. The standard InChI is InChI=1S/C14H15BrN2O/c1-10-6-8-16-14(13(10)15)17-9-7-11-2-4-12(18)5-3-11/h2-6,8,18H,7,9H2,1H3,(H,16,17). The summed E-state index contributed by atoms with van der Waals surface area (Å²) in [6.45, 7) is 2.84. The molecule has 2 N–H and O–H groups in total. The zero-order valence-corrected chi connectivity index (χ0v) is 11.7. The van der Waals surface area contributed by atoms with E-state index in [4.69, 9.17) is 0 Å². The highest BCUT2D eigenvalue weighted by Crippen LogP contribution is 2.23. The number of aromatic nitrogens is 1. The molecule has 18 heavy (non-hydrogen) atoms. The molecular formula is C14H15BrN2O. The molecule has 0 saturated carbocycles. The number of aryl methyl sites for hydroxylation is 1. The molecule has 3 nitrogen and oxygen atoms in total. The Bertz CT molecular complexity index is 526. The SMILES string of the molecule is Cc1ccnc(NCCc2ccc(O)cc2)c1Br. The lowest BCUT2D eigenvalue weighted by molar-refractivity contribution is 0.475. The Morgan fingerprint density at radius 2 is 1.94 bits per heavy atom. The summed E-state index contributed by atoms with van der Waals surface area (Å²) in [6.07, 6.45) is 2.69. The fraction of sp³-hybridized carbons (Fsp3) is 0.214. The van der Waals surface area contributed by atoms with Crippen molar-refractivity contribution in [2.24, 2.45) is 0 Å². The summed E-state index contributed by atoms with van der Waals surface area (Å²) in [7, 11) is 0. The number of pyridine rings is 1. The van der Waals surface area contributed by atoms with Gasteiger partial charge in [-0.25, -0.2) is 4.98 Å². The molecule has 1 heterocycles. The Morgan fingerprint density at radius 1 is 1.22 bits per heavy atom. The van der Waals surface area contributed by atoms with E-state index in [2.05, 4.69) is 26.2 Å². The summed E-state index contributed by atoms with van der Waals surface area (Å²) in [6, 6.07) is 9.23. The van der Waals surface area contributed by atoms with Gasteiger partial charge in [0.05, 0.1) is 4.47 Å². The Kier molecular flexibility index (Phi) is 4.20. The van der Waals surface area contributed by atoms with E-state index in [1.165, 1.54) is 5.56 Å². The second-order valence-corrected chi connectivity index (χ2v) is 4.93. The molecule has 0 bridgehead atoms. The van der Waals surface area contributed by atoms with Crippen molar-refractivity contribution in [1.29, 1.82) is 0 Å². The lowest BCUT2D eigenvalue weighted by Gasteiger charge is -2.09. The molecule has 4 heteroatoms. The molecule has 0 fully saturated rings. The molecule has 2 rings (SSSR count). The van der Waals surface area contributed by atoms with Crippen LogP contribution in [0.5, 0.6) is 5.75 Å². The average molecular weight is 307 g/mol. The number of phenols is 1. The van der Waals surface area contributed by atoms with Crippen molar-refractivity contribution in [2.45, 2.75) is 13.3 Å². The number of hydrogen-bond acceptors (Lipinski definition) is 3. The van der Waals surface area contributed by atoms with Crippen LogP contribution in [0.4, 0.5) is 5.82 Å². The maximum Gasteiger partial charge on any atom is 0.140 e. The lowest BCUT2D eigenvalue weighted by Crippen LogP contribution is -2.07. The number of phenolic OH excluding ortho intramolecular Hbond substituents is 1. The van der Waals surface area contributed by atoms with Gasteiger partial charge >= 0.3 is 0 Å². The average Bonchev–Trinajstić information content (AvgIpc) is 2.37. The van der Waals surface area contributed by atoms with Gasteiger partial charge in [-0.3, -0.25) is 0 Å². The molecule has 0 aliphatic carbocycles. The second kappa shape index (κ2) is 5.87. The number of rotatable bonds is 4. The number of nitrogens with zero attached hydrogens (tertiary/aromatic N) is 1. The minimum atomic E-state index is 0.301. The van der Waals surface area contributed by atoms with Gasteiger partial charge in [0.2, 0.25) is 0 Å². The monoisotopic (exact) mass is 306 g/mol. The van der Waals surface area contributed by atoms with Crippen LogP contribution in [-0.4, -0.2) is 16.6 Å². The van der Waals surface area contributed by atoms with Crippen LogP contribution in [0.15, 0.2) is 41.0 Å². The van der Waals surface area contributed by atoms with Gasteiger partial charge in [0.15, 0.2) is 0 Å². The van der Waals surface area contributed by atoms with Gasteiger partial charge in [-0.1, -0.05) is 12.1 Å². The van der Waals surface area contributed by atoms with E-state index < -0.39 is 0 Å². The molecule has 94 valence electrons. The van der Waals surface area contributed by atoms with Crippen LogP contribution in [0.3, 0.4) is 0 Å². The van der Waals surface area contributed by atoms with Crippen LogP contribution in [0.1, 0.15) is 11.1 Å². The first-order valence-corrected chi connectivity index (χ1v) is 6.59. The maximum atomic E-state index is 9.20. The fourth-order valence-electron chi connectivity index (χ4n) is 1.65. The number of halogens is 1. The van der Waals surface area contributed by atoms with Crippen LogP contribution < -0.4 is 5.32 Å². The number of anilines is 1. The maximum absolute atomic E-state index is 9.20. The smallest absolute Gasteiger partial charge is 0.140 e. The van der Waals surface area contributed by atoms with Gasteiger partial charge in [-0.2, -0.15) is 0 Å². The van der Waals surface area contributed by atoms with Crippen molar-refractivity contribution in [1.82, 2.24) is 4.98 Å². The van der Waals surface area contributed by atoms with Gasteiger partial charge in [-0.05, 0) is 58.6 Å². The van der Waals surface area contributed by atoms with E-state index >= 15 is 0 Å². The molecule has 0 unspecified atom stereocenters. The van der Waals surface area contributed by atoms with Crippen LogP contribution in [0.2, 0.25) is 0 Å². The van der Waals surface area contributed by atoms with E-state index in [9.17, 15) is 5.11 Å². The Hall–Kier alpha value is -1.55. The normalized spacial score (nSPS) is 10.3. The van der Waals surface area contributed by atoms with Crippen molar-refractivity contribution < 1.29 is 5.11 Å². The van der Waals surface area contributed by atoms with Gasteiger partial charge in [0, 0.05) is 12.7 Å². The third-order valence-corrected chi connectivity index (χ3v) is 3.73. The van der Waals surface area contributed by atoms with Crippen LogP contribution in [0.25, 0.3) is 0 Å². The lowest BCUT2D eigenvalue weighted by atomic mass is 10.1. The van der Waals surface area contributed by atoms with Crippen molar-refractivity contribution in [3.63, 3.8) is 0 Å². The molecule has 0 spiro atoms. The van der Waals surface area contributed by atoms with Crippen molar-refractivity contribution in [3.8, 4) is 5.75 Å². The number of aromatic hydroxyl groups is 1. The second-order valence-electron chi connectivity index (χ2n) is 4.13. The zero-order valence-electron chi connectivity index (χ0n) is 10.2. The highest BCUT2D eigenvalue weighted by molar-refractivity contribution is 9.10. The highest BCUT2D eigenvalue weighted by Gasteiger charge is 2.02. The summed E-state index contributed by atoms with van der Waals surface area (Å²) in [5.74, 6) is 1.17. The quantitative estimate of drug-likeness (QED) is 0.908. The molecule has 0 saturated heterocycles. The van der Waals surface area contributed by atoms with Crippen LogP contribution >= 0.6 is 15.9 Å². The van der Waals surface area contributed by atoms with Crippen molar-refractivity contribution in [2.75, 3.05) is 11.9 Å². The fourth-order valence-corrected chi connectivity index (χ4v) is 2.03.